The minimum atomic E-state index is -0.871. The number of carbonyl (C=O) groups excluding carboxylic acids is 2. The van der Waals surface area contributed by atoms with Gasteiger partial charge < -0.3 is 9.47 Å². The van der Waals surface area contributed by atoms with E-state index in [-0.39, 0.29) is 12.4 Å². The van der Waals surface area contributed by atoms with Crippen molar-refractivity contribution >= 4 is 38.5 Å². The van der Waals surface area contributed by atoms with Crippen LogP contribution in [0.4, 0.5) is 0 Å². The molecule has 3 rings (SSSR count). The van der Waals surface area contributed by atoms with Crippen LogP contribution in [0.1, 0.15) is 17.3 Å². The van der Waals surface area contributed by atoms with Crippen LogP contribution in [0.25, 0.3) is 10.8 Å². The predicted molar refractivity (Wildman–Crippen MR) is 103 cm³/mol. The summed E-state index contributed by atoms with van der Waals surface area (Å²) in [6, 6.07) is 20.4. The fraction of sp³-hybridized carbons (Fsp3) is 0.143. The number of Topliss-reactive ketones (excluding diaryl/α,β-unsaturated/α-hetero) is 1. The molecule has 3 aromatic rings. The molecule has 4 nitrogen and oxygen atoms in total. The third-order valence-corrected chi connectivity index (χ3v) is 4.41. The summed E-state index contributed by atoms with van der Waals surface area (Å²) in [4.78, 5) is 24.3. The van der Waals surface area contributed by atoms with Crippen LogP contribution in [-0.2, 0) is 9.53 Å². The minimum Gasteiger partial charge on any atom is -0.482 e. The van der Waals surface area contributed by atoms with Crippen molar-refractivity contribution in [1.82, 2.24) is 0 Å². The summed E-state index contributed by atoms with van der Waals surface area (Å²) in [7, 11) is 0. The van der Waals surface area contributed by atoms with E-state index in [9.17, 15) is 9.59 Å². The van der Waals surface area contributed by atoms with E-state index in [1.54, 1.807) is 37.3 Å². The molecule has 0 amide bonds. The van der Waals surface area contributed by atoms with Crippen LogP contribution in [0.2, 0.25) is 0 Å². The Balaban J connectivity index is 1.55. The molecular formula is C21H17BrO4. The first kappa shape index (κ1) is 18.1. The van der Waals surface area contributed by atoms with Crippen molar-refractivity contribution in [2.75, 3.05) is 6.61 Å². The van der Waals surface area contributed by atoms with Crippen molar-refractivity contribution < 1.29 is 19.1 Å². The number of ether oxygens (including phenoxy) is 2. The standard InChI is InChI=1S/C21H17BrO4/c1-14(21(24)16-6-9-18(22)10-7-16)26-20(23)13-25-19-11-8-15-4-2-3-5-17(15)12-19/h2-12,14H,13H2,1H3/t14-/m0/s1. The summed E-state index contributed by atoms with van der Waals surface area (Å²) in [6.07, 6.45) is -0.871. The molecule has 0 aliphatic heterocycles. The van der Waals surface area contributed by atoms with Crippen molar-refractivity contribution in [3.63, 3.8) is 0 Å². The zero-order valence-electron chi connectivity index (χ0n) is 14.1. The van der Waals surface area contributed by atoms with E-state index < -0.39 is 12.1 Å². The van der Waals surface area contributed by atoms with Gasteiger partial charge in [-0.05, 0) is 42.0 Å². The van der Waals surface area contributed by atoms with Gasteiger partial charge in [-0.15, -0.1) is 0 Å². The van der Waals surface area contributed by atoms with Gasteiger partial charge in [-0.2, -0.15) is 0 Å². The van der Waals surface area contributed by atoms with Crippen LogP contribution < -0.4 is 4.74 Å². The molecule has 0 fully saturated rings. The molecule has 1 atom stereocenters. The zero-order valence-corrected chi connectivity index (χ0v) is 15.7. The highest BCUT2D eigenvalue weighted by Crippen LogP contribution is 2.20. The molecule has 132 valence electrons. The Kier molecular flexibility index (Phi) is 5.68. The maximum atomic E-state index is 12.3. The maximum Gasteiger partial charge on any atom is 0.344 e. The molecule has 0 saturated heterocycles. The number of rotatable bonds is 6. The molecule has 5 heteroatoms. The molecule has 0 aliphatic rings. The molecule has 0 aliphatic carbocycles. The largest absolute Gasteiger partial charge is 0.482 e. The molecule has 0 N–H and O–H groups in total. The Morgan fingerprint density at radius 3 is 2.38 bits per heavy atom. The molecule has 26 heavy (non-hydrogen) atoms. The van der Waals surface area contributed by atoms with E-state index in [0.717, 1.165) is 15.2 Å². The molecule has 3 aromatic carbocycles. The maximum absolute atomic E-state index is 12.3. The Bertz CT molecular complexity index is 934. The number of carbonyl (C=O) groups is 2. The summed E-state index contributed by atoms with van der Waals surface area (Å²) in [5, 5.41) is 2.12. The summed E-state index contributed by atoms with van der Waals surface area (Å²) in [6.45, 7) is 1.30. The van der Waals surface area contributed by atoms with Crippen molar-refractivity contribution in [2.45, 2.75) is 13.0 Å². The van der Waals surface area contributed by atoms with Gasteiger partial charge in [-0.3, -0.25) is 4.79 Å². The van der Waals surface area contributed by atoms with Gasteiger partial charge in [0.15, 0.2) is 12.7 Å². The van der Waals surface area contributed by atoms with E-state index in [4.69, 9.17) is 9.47 Å². The van der Waals surface area contributed by atoms with Gasteiger partial charge in [0.2, 0.25) is 5.78 Å². The van der Waals surface area contributed by atoms with Crippen LogP contribution in [-0.4, -0.2) is 24.5 Å². The first-order valence-corrected chi connectivity index (χ1v) is 8.93. The van der Waals surface area contributed by atoms with Gasteiger partial charge in [-0.1, -0.05) is 58.4 Å². The monoisotopic (exact) mass is 412 g/mol. The van der Waals surface area contributed by atoms with Crippen LogP contribution in [0.3, 0.4) is 0 Å². The summed E-state index contributed by atoms with van der Waals surface area (Å²) in [5.74, 6) is -0.264. The molecular weight excluding hydrogens is 396 g/mol. The van der Waals surface area contributed by atoms with Crippen LogP contribution in [0.15, 0.2) is 71.2 Å². The van der Waals surface area contributed by atoms with Crippen molar-refractivity contribution in [3.8, 4) is 5.75 Å². The van der Waals surface area contributed by atoms with Crippen molar-refractivity contribution in [3.05, 3.63) is 76.8 Å². The number of hydrogen-bond acceptors (Lipinski definition) is 4. The van der Waals surface area contributed by atoms with Crippen molar-refractivity contribution in [1.29, 1.82) is 0 Å². The molecule has 0 bridgehead atoms. The number of hydrogen-bond donors (Lipinski definition) is 0. The normalized spacial score (nSPS) is 11.8. The van der Waals surface area contributed by atoms with Crippen LogP contribution in [0.5, 0.6) is 5.75 Å². The summed E-state index contributed by atoms with van der Waals surface area (Å²) in [5.41, 5.74) is 0.490. The summed E-state index contributed by atoms with van der Waals surface area (Å²) >= 11 is 3.32. The highest BCUT2D eigenvalue weighted by atomic mass is 79.9. The Labute approximate surface area is 159 Å². The van der Waals surface area contributed by atoms with Crippen molar-refractivity contribution in [2.24, 2.45) is 0 Å². The SMILES string of the molecule is C[C@H](OC(=O)COc1ccc2ccccc2c1)C(=O)c1ccc(Br)cc1. The van der Waals surface area contributed by atoms with Gasteiger partial charge in [0.1, 0.15) is 5.75 Å². The second-order valence-corrected chi connectivity index (χ2v) is 6.72. The average molecular weight is 413 g/mol. The number of halogens is 1. The van der Waals surface area contributed by atoms with E-state index in [0.29, 0.717) is 11.3 Å². The lowest BCUT2D eigenvalue weighted by Gasteiger charge is -2.13. The van der Waals surface area contributed by atoms with Gasteiger partial charge in [0.25, 0.3) is 0 Å². The molecule has 0 radical (unpaired) electrons. The Hall–Kier alpha value is -2.66. The topological polar surface area (TPSA) is 52.6 Å². The first-order valence-electron chi connectivity index (χ1n) is 8.14. The number of fused-ring (bicyclic) bond motifs is 1. The van der Waals surface area contributed by atoms with E-state index in [1.165, 1.54) is 0 Å². The van der Waals surface area contributed by atoms with Gasteiger partial charge in [0, 0.05) is 10.0 Å². The summed E-state index contributed by atoms with van der Waals surface area (Å²) < 4.78 is 11.5. The highest BCUT2D eigenvalue weighted by molar-refractivity contribution is 9.10. The third kappa shape index (κ3) is 4.49. The first-order chi connectivity index (χ1) is 12.5. The van der Waals surface area contributed by atoms with Gasteiger partial charge >= 0.3 is 5.97 Å². The lowest BCUT2D eigenvalue weighted by molar-refractivity contribution is -0.148. The van der Waals surface area contributed by atoms with Crippen LogP contribution >= 0.6 is 15.9 Å². The second-order valence-electron chi connectivity index (χ2n) is 5.80. The fourth-order valence-corrected chi connectivity index (χ4v) is 2.80. The number of esters is 1. The molecule has 0 aromatic heterocycles. The lowest BCUT2D eigenvalue weighted by atomic mass is 10.1. The molecule has 0 saturated carbocycles. The lowest BCUT2D eigenvalue weighted by Crippen LogP contribution is -2.27. The predicted octanol–water partition coefficient (Wildman–Crippen LogP) is 4.80. The highest BCUT2D eigenvalue weighted by Gasteiger charge is 2.19. The van der Waals surface area contributed by atoms with E-state index in [1.807, 2.05) is 36.4 Å². The van der Waals surface area contributed by atoms with E-state index >= 15 is 0 Å². The quantitative estimate of drug-likeness (QED) is 0.431. The third-order valence-electron chi connectivity index (χ3n) is 3.88. The van der Waals surface area contributed by atoms with Crippen LogP contribution in [0, 0.1) is 0 Å². The van der Waals surface area contributed by atoms with Gasteiger partial charge in [-0.25, -0.2) is 4.79 Å². The van der Waals surface area contributed by atoms with E-state index in [2.05, 4.69) is 15.9 Å². The molecule has 0 unspecified atom stereocenters. The number of benzene rings is 3. The molecule has 0 spiro atoms. The smallest absolute Gasteiger partial charge is 0.344 e. The second kappa shape index (κ2) is 8.15. The fourth-order valence-electron chi connectivity index (χ4n) is 2.53. The number of ketones is 1. The molecule has 0 heterocycles. The van der Waals surface area contributed by atoms with Gasteiger partial charge in [0.05, 0.1) is 0 Å². The minimum absolute atomic E-state index is 0.253. The average Bonchev–Trinajstić information content (AvgIpc) is 2.66. The zero-order chi connectivity index (χ0) is 18.5. The Morgan fingerprint density at radius 1 is 0.962 bits per heavy atom. The Morgan fingerprint density at radius 2 is 1.65 bits per heavy atom.